The van der Waals surface area contributed by atoms with E-state index in [1.807, 2.05) is 4.90 Å². The van der Waals surface area contributed by atoms with E-state index in [9.17, 15) is 9.59 Å². The number of hydrazine groups is 1. The molecule has 6 nitrogen and oxygen atoms in total. The molecule has 2 saturated heterocycles. The van der Waals surface area contributed by atoms with Crippen LogP contribution in [0.15, 0.2) is 23.0 Å². The van der Waals surface area contributed by atoms with Crippen LogP contribution in [-0.2, 0) is 0 Å². The van der Waals surface area contributed by atoms with E-state index in [0.717, 1.165) is 25.9 Å². The number of nitrogens with one attached hydrogen (secondary N) is 3. The molecule has 0 aromatic carbocycles. The highest BCUT2D eigenvalue weighted by atomic mass is 16.2. The summed E-state index contributed by atoms with van der Waals surface area (Å²) in [5, 5.41) is 0. The highest BCUT2D eigenvalue weighted by Crippen LogP contribution is 2.26. The van der Waals surface area contributed by atoms with E-state index >= 15 is 0 Å². The Balaban J connectivity index is 1.81. The van der Waals surface area contributed by atoms with Crippen LogP contribution in [0.4, 0.5) is 0 Å². The molecule has 1 amide bonds. The number of pyridine rings is 1. The average Bonchev–Trinajstić information content (AvgIpc) is 3.06. The van der Waals surface area contributed by atoms with Crippen molar-refractivity contribution in [2.75, 3.05) is 13.1 Å². The third-order valence-electron chi connectivity index (χ3n) is 4.28. The minimum atomic E-state index is -0.236. The zero-order valence-corrected chi connectivity index (χ0v) is 11.6. The molecule has 3 rings (SSSR count). The number of aromatic amines is 1. The number of aromatic nitrogens is 1. The number of carbonyl (C=O) groups is 1. The molecule has 3 N–H and O–H groups in total. The molecule has 3 atom stereocenters. The smallest absolute Gasteiger partial charge is 0.270 e. The van der Waals surface area contributed by atoms with Gasteiger partial charge in [-0.05, 0) is 24.8 Å². The van der Waals surface area contributed by atoms with Gasteiger partial charge in [-0.25, -0.2) is 0 Å². The number of hydrogen-bond acceptors (Lipinski definition) is 4. The van der Waals surface area contributed by atoms with Crippen molar-refractivity contribution in [2.24, 2.45) is 5.92 Å². The first-order valence-corrected chi connectivity index (χ1v) is 7.15. The fourth-order valence-electron chi connectivity index (χ4n) is 3.23. The van der Waals surface area contributed by atoms with Crippen LogP contribution in [0.5, 0.6) is 0 Å². The van der Waals surface area contributed by atoms with Gasteiger partial charge in [0, 0.05) is 31.2 Å². The average molecular weight is 276 g/mol. The van der Waals surface area contributed by atoms with Gasteiger partial charge in [0.15, 0.2) is 0 Å². The zero-order chi connectivity index (χ0) is 14.1. The Hall–Kier alpha value is -1.66. The van der Waals surface area contributed by atoms with E-state index in [2.05, 4.69) is 22.8 Å². The topological polar surface area (TPSA) is 77.2 Å². The zero-order valence-electron chi connectivity index (χ0n) is 11.6. The maximum Gasteiger partial charge on any atom is 0.270 e. The van der Waals surface area contributed by atoms with Crippen LogP contribution in [0.3, 0.4) is 0 Å². The second-order valence-electron chi connectivity index (χ2n) is 5.67. The van der Waals surface area contributed by atoms with E-state index in [-0.39, 0.29) is 23.6 Å². The van der Waals surface area contributed by atoms with Crippen LogP contribution in [0, 0.1) is 5.92 Å². The largest absolute Gasteiger partial charge is 0.333 e. The SMILES string of the molecule is CC1CNNC1C1CCCN1C(=O)c1cccc(=O)[nH]1. The van der Waals surface area contributed by atoms with Crippen molar-refractivity contribution >= 4 is 5.91 Å². The van der Waals surface area contributed by atoms with Crippen molar-refractivity contribution in [3.8, 4) is 0 Å². The molecule has 6 heteroatoms. The molecule has 0 aliphatic carbocycles. The Morgan fingerprint density at radius 2 is 2.25 bits per heavy atom. The quantitative estimate of drug-likeness (QED) is 0.715. The molecule has 2 aliphatic rings. The van der Waals surface area contributed by atoms with Crippen LogP contribution in [0.1, 0.15) is 30.3 Å². The lowest BCUT2D eigenvalue weighted by Crippen LogP contribution is -2.50. The highest BCUT2D eigenvalue weighted by Gasteiger charge is 2.39. The van der Waals surface area contributed by atoms with E-state index in [1.54, 1.807) is 12.1 Å². The molecule has 20 heavy (non-hydrogen) atoms. The van der Waals surface area contributed by atoms with Crippen molar-refractivity contribution in [3.63, 3.8) is 0 Å². The van der Waals surface area contributed by atoms with Crippen molar-refractivity contribution in [1.82, 2.24) is 20.7 Å². The van der Waals surface area contributed by atoms with Gasteiger partial charge >= 0.3 is 0 Å². The lowest BCUT2D eigenvalue weighted by Gasteiger charge is -2.31. The van der Waals surface area contributed by atoms with Gasteiger partial charge in [-0.15, -0.1) is 0 Å². The van der Waals surface area contributed by atoms with Gasteiger partial charge < -0.3 is 9.88 Å². The van der Waals surface area contributed by atoms with Crippen molar-refractivity contribution in [3.05, 3.63) is 34.2 Å². The van der Waals surface area contributed by atoms with Gasteiger partial charge in [0.2, 0.25) is 5.56 Å². The molecule has 2 aliphatic heterocycles. The number of nitrogens with zero attached hydrogens (tertiary/aromatic N) is 1. The molecule has 108 valence electrons. The molecule has 0 radical (unpaired) electrons. The monoisotopic (exact) mass is 276 g/mol. The number of rotatable bonds is 2. The fraction of sp³-hybridized carbons (Fsp3) is 0.571. The number of H-pyrrole nitrogens is 1. The van der Waals surface area contributed by atoms with Crippen molar-refractivity contribution in [1.29, 1.82) is 0 Å². The Morgan fingerprint density at radius 1 is 1.40 bits per heavy atom. The minimum Gasteiger partial charge on any atom is -0.333 e. The molecule has 2 fully saturated rings. The van der Waals surface area contributed by atoms with E-state index < -0.39 is 0 Å². The predicted molar refractivity (Wildman–Crippen MR) is 75.2 cm³/mol. The fourth-order valence-corrected chi connectivity index (χ4v) is 3.23. The molecule has 0 spiro atoms. The third-order valence-corrected chi connectivity index (χ3v) is 4.28. The summed E-state index contributed by atoms with van der Waals surface area (Å²) in [6, 6.07) is 5.17. The normalized spacial score (nSPS) is 29.9. The van der Waals surface area contributed by atoms with Crippen LogP contribution in [0.25, 0.3) is 0 Å². The molecule has 1 aromatic heterocycles. The second kappa shape index (κ2) is 5.38. The summed E-state index contributed by atoms with van der Waals surface area (Å²) in [7, 11) is 0. The predicted octanol–water partition coefficient (Wildman–Crippen LogP) is 0.0920. The van der Waals surface area contributed by atoms with E-state index in [4.69, 9.17) is 0 Å². The number of amides is 1. The minimum absolute atomic E-state index is 0.0777. The summed E-state index contributed by atoms with van der Waals surface area (Å²) in [6.45, 7) is 3.86. The van der Waals surface area contributed by atoms with Gasteiger partial charge in [0.05, 0.1) is 0 Å². The van der Waals surface area contributed by atoms with Crippen LogP contribution < -0.4 is 16.4 Å². The summed E-state index contributed by atoms with van der Waals surface area (Å²) in [4.78, 5) is 28.5. The molecule has 1 aromatic rings. The van der Waals surface area contributed by atoms with Gasteiger partial charge in [-0.1, -0.05) is 13.0 Å². The highest BCUT2D eigenvalue weighted by molar-refractivity contribution is 5.92. The first kappa shape index (κ1) is 13.3. The van der Waals surface area contributed by atoms with Crippen LogP contribution in [0.2, 0.25) is 0 Å². The van der Waals surface area contributed by atoms with Crippen molar-refractivity contribution < 1.29 is 4.79 Å². The standard InChI is InChI=1S/C14H20N4O2/c1-9-8-15-17-13(9)11-5-3-7-18(11)14(20)10-4-2-6-12(19)16-10/h2,4,6,9,11,13,15,17H,3,5,7-8H2,1H3,(H,16,19). The van der Waals surface area contributed by atoms with Crippen molar-refractivity contribution in [2.45, 2.75) is 31.8 Å². The van der Waals surface area contributed by atoms with Gasteiger partial charge in [-0.2, -0.15) is 0 Å². The Bertz CT molecular complexity index is 556. The summed E-state index contributed by atoms with van der Waals surface area (Å²) >= 11 is 0. The lowest BCUT2D eigenvalue weighted by atomic mass is 9.95. The molecule has 0 bridgehead atoms. The van der Waals surface area contributed by atoms with Gasteiger partial charge in [-0.3, -0.25) is 20.4 Å². The number of likely N-dealkylation sites (tertiary alicyclic amines) is 1. The van der Waals surface area contributed by atoms with E-state index in [0.29, 0.717) is 11.6 Å². The summed E-state index contributed by atoms with van der Waals surface area (Å²) in [5.74, 6) is 0.411. The number of carbonyl (C=O) groups excluding carboxylic acids is 1. The van der Waals surface area contributed by atoms with Crippen LogP contribution >= 0.6 is 0 Å². The van der Waals surface area contributed by atoms with Crippen LogP contribution in [-0.4, -0.2) is 41.0 Å². The summed E-state index contributed by atoms with van der Waals surface area (Å²) in [5.41, 5.74) is 6.58. The Labute approximate surface area is 117 Å². The van der Waals surface area contributed by atoms with E-state index in [1.165, 1.54) is 6.07 Å². The molecule has 0 saturated carbocycles. The molecular formula is C14H20N4O2. The second-order valence-corrected chi connectivity index (χ2v) is 5.67. The maximum absolute atomic E-state index is 12.6. The summed E-state index contributed by atoms with van der Waals surface area (Å²) in [6.07, 6.45) is 2.02. The molecule has 3 heterocycles. The Morgan fingerprint density at radius 3 is 2.95 bits per heavy atom. The van der Waals surface area contributed by atoms with Gasteiger partial charge in [0.1, 0.15) is 5.69 Å². The summed E-state index contributed by atoms with van der Waals surface area (Å²) < 4.78 is 0. The first-order valence-electron chi connectivity index (χ1n) is 7.15. The lowest BCUT2D eigenvalue weighted by molar-refractivity contribution is 0.0692. The molecular weight excluding hydrogens is 256 g/mol. The number of hydrogen-bond donors (Lipinski definition) is 3. The van der Waals surface area contributed by atoms with Gasteiger partial charge in [0.25, 0.3) is 5.91 Å². The molecule has 3 unspecified atom stereocenters. The first-order chi connectivity index (χ1) is 9.66. The third kappa shape index (κ3) is 2.36. The maximum atomic E-state index is 12.6. The Kier molecular flexibility index (Phi) is 3.58.